The van der Waals surface area contributed by atoms with Gasteiger partial charge in [0, 0.05) is 29.6 Å². The number of halogens is 2. The van der Waals surface area contributed by atoms with Gasteiger partial charge in [-0.2, -0.15) is 0 Å². The third kappa shape index (κ3) is 7.61. The van der Waals surface area contributed by atoms with Gasteiger partial charge in [0.05, 0.1) is 6.61 Å². The number of esters is 1. The van der Waals surface area contributed by atoms with Crippen molar-refractivity contribution in [3.8, 4) is 11.1 Å². The minimum absolute atomic E-state index is 0.0277. The Balaban J connectivity index is 2.13. The number of benzene rings is 2. The number of aliphatic hydroxyl groups is 1. The first-order chi connectivity index (χ1) is 14.3. The predicted molar refractivity (Wildman–Crippen MR) is 117 cm³/mol. The van der Waals surface area contributed by atoms with Crippen LogP contribution in [0.4, 0.5) is 0 Å². The summed E-state index contributed by atoms with van der Waals surface area (Å²) in [5, 5.41) is 14.0. The molecule has 0 unspecified atom stereocenters. The second-order valence-electron chi connectivity index (χ2n) is 6.76. The van der Waals surface area contributed by atoms with Gasteiger partial charge in [0.2, 0.25) is 5.91 Å². The Morgan fingerprint density at radius 2 is 1.70 bits per heavy atom. The van der Waals surface area contributed by atoms with Gasteiger partial charge in [-0.05, 0) is 48.2 Å². The molecule has 0 heterocycles. The Morgan fingerprint density at radius 1 is 1.07 bits per heavy atom. The summed E-state index contributed by atoms with van der Waals surface area (Å²) in [6.07, 6.45) is -0.881. The number of amides is 1. The van der Waals surface area contributed by atoms with Gasteiger partial charge in [-0.1, -0.05) is 47.5 Å². The molecule has 162 valence electrons. The maximum absolute atomic E-state index is 12.0. The Morgan fingerprint density at radius 3 is 2.27 bits per heavy atom. The highest BCUT2D eigenvalue weighted by atomic mass is 35.5. The summed E-state index contributed by atoms with van der Waals surface area (Å²) in [6.45, 7) is 1.73. The van der Waals surface area contributed by atoms with E-state index in [0.717, 1.165) is 16.7 Å². The maximum atomic E-state index is 12.0. The van der Waals surface area contributed by atoms with Crippen LogP contribution in [0.25, 0.3) is 11.1 Å². The fourth-order valence-corrected chi connectivity index (χ4v) is 3.56. The highest BCUT2D eigenvalue weighted by Gasteiger charge is 2.23. The van der Waals surface area contributed by atoms with E-state index in [2.05, 4.69) is 5.32 Å². The molecular formula is C22H25Cl2NO5. The van der Waals surface area contributed by atoms with Crippen molar-refractivity contribution in [3.63, 3.8) is 0 Å². The first-order valence-electron chi connectivity index (χ1n) is 9.50. The molecule has 2 aromatic carbocycles. The van der Waals surface area contributed by atoms with E-state index in [1.807, 2.05) is 36.4 Å². The number of ether oxygens (including phenoxy) is 2. The van der Waals surface area contributed by atoms with Crippen molar-refractivity contribution in [2.24, 2.45) is 0 Å². The first-order valence-corrected chi connectivity index (χ1v) is 10.3. The van der Waals surface area contributed by atoms with Crippen LogP contribution >= 0.6 is 23.2 Å². The number of carbonyl (C=O) groups is 2. The molecule has 0 fully saturated rings. The Hall–Kier alpha value is -2.12. The summed E-state index contributed by atoms with van der Waals surface area (Å²) in [6, 6.07) is 12.5. The molecule has 0 radical (unpaired) electrons. The van der Waals surface area contributed by atoms with E-state index in [-0.39, 0.29) is 25.5 Å². The van der Waals surface area contributed by atoms with Gasteiger partial charge in [0.1, 0.15) is 6.61 Å². The van der Waals surface area contributed by atoms with Crippen molar-refractivity contribution in [2.45, 2.75) is 31.9 Å². The van der Waals surface area contributed by atoms with E-state index in [1.54, 1.807) is 13.0 Å². The largest absolute Gasteiger partial charge is 0.464 e. The van der Waals surface area contributed by atoms with Gasteiger partial charge in [-0.3, -0.25) is 4.79 Å². The normalized spacial score (nSPS) is 12.8. The fraction of sp³-hybridized carbons (Fsp3) is 0.364. The smallest absolute Gasteiger partial charge is 0.335 e. The number of hydrogen-bond acceptors (Lipinski definition) is 5. The van der Waals surface area contributed by atoms with E-state index in [0.29, 0.717) is 16.5 Å². The van der Waals surface area contributed by atoms with Gasteiger partial charge in [0.25, 0.3) is 0 Å². The van der Waals surface area contributed by atoms with E-state index in [1.165, 1.54) is 7.11 Å². The Labute approximate surface area is 186 Å². The van der Waals surface area contributed by atoms with Crippen LogP contribution in [0.15, 0.2) is 42.5 Å². The maximum Gasteiger partial charge on any atom is 0.335 e. The summed E-state index contributed by atoms with van der Waals surface area (Å²) in [5.74, 6) is -1.04. The molecule has 0 aromatic heterocycles. The first kappa shape index (κ1) is 24.2. The van der Waals surface area contributed by atoms with E-state index >= 15 is 0 Å². The highest BCUT2D eigenvalue weighted by Crippen LogP contribution is 2.27. The third-order valence-corrected chi connectivity index (χ3v) is 4.78. The van der Waals surface area contributed by atoms with Crippen LogP contribution < -0.4 is 5.32 Å². The lowest BCUT2D eigenvalue weighted by Gasteiger charge is -2.21. The molecule has 0 aliphatic carbocycles. The van der Waals surface area contributed by atoms with Gasteiger partial charge >= 0.3 is 5.97 Å². The van der Waals surface area contributed by atoms with Crippen molar-refractivity contribution in [3.05, 3.63) is 58.1 Å². The van der Waals surface area contributed by atoms with Crippen molar-refractivity contribution in [2.75, 3.05) is 20.3 Å². The van der Waals surface area contributed by atoms with Crippen LogP contribution in [-0.2, 0) is 25.5 Å². The number of carbonyl (C=O) groups excluding carboxylic acids is 2. The minimum atomic E-state index is -1.33. The zero-order valence-corrected chi connectivity index (χ0v) is 18.4. The minimum Gasteiger partial charge on any atom is -0.464 e. The SMILES string of the molecule is CCOC(=O)[C@H](O)C[C@@H](Cc1ccc(-c2cc(Cl)cc(Cl)c2)cc1)NC(=O)COC. The molecule has 2 atom stereocenters. The Bertz CT molecular complexity index is 837. The number of methoxy groups -OCH3 is 1. The van der Waals surface area contributed by atoms with Crippen LogP contribution in [0, 0.1) is 0 Å². The van der Waals surface area contributed by atoms with E-state index in [4.69, 9.17) is 32.7 Å². The van der Waals surface area contributed by atoms with Gasteiger partial charge in [-0.15, -0.1) is 0 Å². The summed E-state index contributed by atoms with van der Waals surface area (Å²) >= 11 is 12.1. The number of nitrogens with one attached hydrogen (secondary N) is 1. The second-order valence-corrected chi connectivity index (χ2v) is 7.63. The molecule has 30 heavy (non-hydrogen) atoms. The molecule has 6 nitrogen and oxygen atoms in total. The molecule has 0 bridgehead atoms. The summed E-state index contributed by atoms with van der Waals surface area (Å²) in [7, 11) is 1.42. The van der Waals surface area contributed by atoms with Gasteiger partial charge in [-0.25, -0.2) is 4.79 Å². The topological polar surface area (TPSA) is 84.9 Å². The second kappa shape index (κ2) is 11.9. The zero-order chi connectivity index (χ0) is 22.1. The molecule has 0 spiro atoms. The molecule has 2 rings (SSSR count). The summed E-state index contributed by atoms with van der Waals surface area (Å²) < 4.78 is 9.69. The molecule has 2 aromatic rings. The summed E-state index contributed by atoms with van der Waals surface area (Å²) in [5.41, 5.74) is 2.75. The molecule has 2 N–H and O–H groups in total. The number of rotatable bonds is 10. The fourth-order valence-electron chi connectivity index (χ4n) is 3.04. The zero-order valence-electron chi connectivity index (χ0n) is 16.9. The van der Waals surface area contributed by atoms with Crippen LogP contribution in [0.3, 0.4) is 0 Å². The predicted octanol–water partition coefficient (Wildman–Crippen LogP) is 3.65. The van der Waals surface area contributed by atoms with Gasteiger partial charge in [0.15, 0.2) is 6.10 Å². The third-order valence-electron chi connectivity index (χ3n) is 4.34. The van der Waals surface area contributed by atoms with Crippen LogP contribution in [0.2, 0.25) is 10.0 Å². The molecule has 0 aliphatic rings. The van der Waals surface area contributed by atoms with Crippen molar-refractivity contribution < 1.29 is 24.2 Å². The lowest BCUT2D eigenvalue weighted by Crippen LogP contribution is -2.42. The van der Waals surface area contributed by atoms with Gasteiger partial charge < -0.3 is 19.9 Å². The standard InChI is InChI=1S/C22H25Cl2NO5/c1-3-30-22(28)20(26)12-19(25-21(27)13-29-2)8-14-4-6-15(7-5-14)16-9-17(23)11-18(24)10-16/h4-7,9-11,19-20,26H,3,8,12-13H2,1-2H3,(H,25,27)/t19-,20-/m1/s1. The highest BCUT2D eigenvalue weighted by molar-refractivity contribution is 6.35. The Kier molecular flexibility index (Phi) is 9.59. The monoisotopic (exact) mass is 453 g/mol. The molecule has 8 heteroatoms. The van der Waals surface area contributed by atoms with Crippen LogP contribution in [0.5, 0.6) is 0 Å². The molecule has 0 saturated carbocycles. The van der Waals surface area contributed by atoms with E-state index < -0.39 is 18.1 Å². The average Bonchev–Trinajstić information content (AvgIpc) is 2.68. The quantitative estimate of drug-likeness (QED) is 0.536. The van der Waals surface area contributed by atoms with Crippen molar-refractivity contribution in [1.82, 2.24) is 5.32 Å². The average molecular weight is 454 g/mol. The summed E-state index contributed by atoms with van der Waals surface area (Å²) in [4.78, 5) is 23.7. The van der Waals surface area contributed by atoms with Crippen molar-refractivity contribution in [1.29, 1.82) is 0 Å². The molecular weight excluding hydrogens is 429 g/mol. The van der Waals surface area contributed by atoms with E-state index in [9.17, 15) is 14.7 Å². The van der Waals surface area contributed by atoms with Crippen molar-refractivity contribution >= 4 is 35.1 Å². The lowest BCUT2D eigenvalue weighted by atomic mass is 9.98. The van der Waals surface area contributed by atoms with Crippen LogP contribution in [-0.4, -0.2) is 49.5 Å². The number of aliphatic hydroxyl groups excluding tert-OH is 1. The molecule has 0 saturated heterocycles. The number of hydrogen-bond donors (Lipinski definition) is 2. The molecule has 1 amide bonds. The lowest BCUT2D eigenvalue weighted by molar-refractivity contribution is -0.153. The molecule has 0 aliphatic heterocycles. The van der Waals surface area contributed by atoms with Crippen LogP contribution in [0.1, 0.15) is 18.9 Å².